The summed E-state index contributed by atoms with van der Waals surface area (Å²) in [5.74, 6) is 0. The largest absolute Gasteiger partial charge is 0.291 e. The molecule has 0 aliphatic rings. The highest BCUT2D eigenvalue weighted by molar-refractivity contribution is 6.47. The van der Waals surface area contributed by atoms with Crippen molar-refractivity contribution in [2.75, 3.05) is 6.67 Å². The van der Waals surface area contributed by atoms with Gasteiger partial charge in [-0.25, -0.2) is 13.2 Å². The summed E-state index contributed by atoms with van der Waals surface area (Å²) in [5, 5.41) is 0. The maximum absolute atomic E-state index is 11.7. The second-order valence-electron chi connectivity index (χ2n) is 1.16. The summed E-state index contributed by atoms with van der Waals surface area (Å²) >= 11 is 8.94. The minimum Gasteiger partial charge on any atom is -0.248 e. The van der Waals surface area contributed by atoms with E-state index in [4.69, 9.17) is 0 Å². The van der Waals surface area contributed by atoms with Gasteiger partial charge in [-0.15, -0.1) is 0 Å². The van der Waals surface area contributed by atoms with Crippen molar-refractivity contribution in [2.45, 2.75) is 10.8 Å². The molecule has 0 aromatic carbocycles. The molecule has 8 heavy (non-hydrogen) atoms. The lowest BCUT2D eigenvalue weighted by Gasteiger charge is -2.09. The van der Waals surface area contributed by atoms with Gasteiger partial charge in [0.1, 0.15) is 6.67 Å². The molecule has 50 valence electrons. The van der Waals surface area contributed by atoms with Crippen molar-refractivity contribution in [1.82, 2.24) is 0 Å². The number of alkyl halides is 5. The van der Waals surface area contributed by atoms with E-state index in [9.17, 15) is 13.2 Å². The van der Waals surface area contributed by atoms with E-state index >= 15 is 0 Å². The van der Waals surface area contributed by atoms with Crippen LogP contribution >= 0.6 is 23.2 Å². The molecular weight excluding hydrogens is 164 g/mol. The summed E-state index contributed by atoms with van der Waals surface area (Å²) in [7, 11) is 0. The monoisotopic (exact) mass is 166 g/mol. The molecule has 0 spiro atoms. The van der Waals surface area contributed by atoms with E-state index in [1.54, 1.807) is 0 Å². The summed E-state index contributed by atoms with van der Waals surface area (Å²) in [6.45, 7) is -1.51. The Kier molecular flexibility index (Phi) is 2.91. The minimum absolute atomic E-state index is 1.51. The van der Waals surface area contributed by atoms with E-state index in [0.29, 0.717) is 0 Å². The van der Waals surface area contributed by atoms with Crippen molar-refractivity contribution in [2.24, 2.45) is 0 Å². The van der Waals surface area contributed by atoms with Gasteiger partial charge < -0.3 is 0 Å². The van der Waals surface area contributed by atoms with Crippen molar-refractivity contribution >= 4 is 23.2 Å². The standard InChI is InChI=1S/C3H3Cl2F3/c4-3(5,8)2(7)1-6/h2H,1H2. The molecule has 0 aliphatic heterocycles. The number of hydrogen-bond donors (Lipinski definition) is 0. The van der Waals surface area contributed by atoms with E-state index in [1.165, 1.54) is 0 Å². The quantitative estimate of drug-likeness (QED) is 0.553. The topological polar surface area (TPSA) is 0 Å². The van der Waals surface area contributed by atoms with Crippen LogP contribution in [0.25, 0.3) is 0 Å². The molecule has 0 fully saturated rings. The molecule has 1 unspecified atom stereocenters. The molecule has 5 heteroatoms. The van der Waals surface area contributed by atoms with Crippen LogP contribution in [-0.2, 0) is 0 Å². The van der Waals surface area contributed by atoms with Gasteiger partial charge in [-0.2, -0.15) is 0 Å². The van der Waals surface area contributed by atoms with Gasteiger partial charge in [0, 0.05) is 0 Å². The summed E-state index contributed by atoms with van der Waals surface area (Å²) < 4.78 is 31.3. The van der Waals surface area contributed by atoms with Gasteiger partial charge in [0.05, 0.1) is 0 Å². The average Bonchev–Trinajstić information content (AvgIpc) is 1.62. The summed E-state index contributed by atoms with van der Waals surface area (Å²) in [6, 6.07) is 0. The number of rotatable bonds is 2. The summed E-state index contributed by atoms with van der Waals surface area (Å²) in [6.07, 6.45) is -2.45. The summed E-state index contributed by atoms with van der Waals surface area (Å²) in [5.41, 5.74) is 0. The van der Waals surface area contributed by atoms with Crippen LogP contribution in [0.1, 0.15) is 0 Å². The van der Waals surface area contributed by atoms with E-state index in [2.05, 4.69) is 23.2 Å². The Morgan fingerprint density at radius 1 is 1.50 bits per heavy atom. The van der Waals surface area contributed by atoms with Crippen LogP contribution < -0.4 is 0 Å². The molecule has 1 atom stereocenters. The van der Waals surface area contributed by atoms with Crippen molar-refractivity contribution in [1.29, 1.82) is 0 Å². The van der Waals surface area contributed by atoms with Gasteiger partial charge in [0.2, 0.25) is 0 Å². The molecule has 0 bridgehead atoms. The predicted molar refractivity (Wildman–Crippen MR) is 26.4 cm³/mol. The van der Waals surface area contributed by atoms with Gasteiger partial charge in [0.25, 0.3) is 4.59 Å². The number of hydrogen-bond acceptors (Lipinski definition) is 0. The Morgan fingerprint density at radius 2 is 1.88 bits per heavy atom. The molecular formula is C3H3Cl2F3. The average molecular weight is 167 g/mol. The maximum atomic E-state index is 11.7. The van der Waals surface area contributed by atoms with Crippen LogP contribution in [-0.4, -0.2) is 17.4 Å². The van der Waals surface area contributed by atoms with Crippen molar-refractivity contribution in [3.63, 3.8) is 0 Å². The van der Waals surface area contributed by atoms with Gasteiger partial charge in [-0.3, -0.25) is 0 Å². The molecule has 0 saturated carbocycles. The Morgan fingerprint density at radius 3 is 1.88 bits per heavy atom. The first-order valence-corrected chi connectivity index (χ1v) is 2.51. The Hall–Kier alpha value is 0.370. The van der Waals surface area contributed by atoms with Crippen molar-refractivity contribution in [3.05, 3.63) is 0 Å². The molecule has 0 nitrogen and oxygen atoms in total. The molecule has 0 amide bonds. The lowest BCUT2D eigenvalue weighted by molar-refractivity contribution is 0.162. The second-order valence-corrected chi connectivity index (χ2v) is 2.46. The normalized spacial score (nSPS) is 16.1. The minimum atomic E-state index is -3.09. The van der Waals surface area contributed by atoms with Gasteiger partial charge in [-0.05, 0) is 0 Å². The van der Waals surface area contributed by atoms with Gasteiger partial charge >= 0.3 is 0 Å². The number of halogens is 5. The van der Waals surface area contributed by atoms with Crippen LogP contribution in [0.2, 0.25) is 0 Å². The zero-order chi connectivity index (χ0) is 6.78. The molecule has 0 rings (SSSR count). The Labute approximate surface area is 54.6 Å². The zero-order valence-electron chi connectivity index (χ0n) is 3.67. The van der Waals surface area contributed by atoms with Crippen molar-refractivity contribution in [3.8, 4) is 0 Å². The third-order valence-corrected chi connectivity index (χ3v) is 0.964. The molecule has 0 aromatic heterocycles. The predicted octanol–water partition coefficient (Wildman–Crippen LogP) is 2.39. The lowest BCUT2D eigenvalue weighted by Crippen LogP contribution is -2.23. The van der Waals surface area contributed by atoms with Crippen LogP contribution in [0, 0.1) is 0 Å². The fourth-order valence-electron chi connectivity index (χ4n) is 0.0875. The second kappa shape index (κ2) is 2.78. The highest BCUT2D eigenvalue weighted by atomic mass is 35.5. The van der Waals surface area contributed by atoms with E-state index in [-0.39, 0.29) is 0 Å². The third kappa shape index (κ3) is 2.62. The molecule has 0 aromatic rings. The summed E-state index contributed by atoms with van der Waals surface area (Å²) in [4.78, 5) is 0. The fourth-order valence-corrected chi connectivity index (χ4v) is 0.204. The molecule has 0 aliphatic carbocycles. The molecule has 0 heterocycles. The zero-order valence-corrected chi connectivity index (χ0v) is 5.19. The molecule has 0 radical (unpaired) electrons. The van der Waals surface area contributed by atoms with Crippen LogP contribution in [0.3, 0.4) is 0 Å². The highest BCUT2D eigenvalue weighted by Crippen LogP contribution is 2.29. The maximum Gasteiger partial charge on any atom is 0.291 e. The molecule has 0 N–H and O–H groups in total. The van der Waals surface area contributed by atoms with Crippen LogP contribution in [0.5, 0.6) is 0 Å². The first kappa shape index (κ1) is 8.37. The Bertz CT molecular complexity index is 69.4. The van der Waals surface area contributed by atoms with Gasteiger partial charge in [-0.1, -0.05) is 23.2 Å². The smallest absolute Gasteiger partial charge is 0.248 e. The van der Waals surface area contributed by atoms with E-state index in [1.807, 2.05) is 0 Å². The van der Waals surface area contributed by atoms with Gasteiger partial charge in [0.15, 0.2) is 6.17 Å². The first-order valence-electron chi connectivity index (χ1n) is 1.75. The lowest BCUT2D eigenvalue weighted by atomic mass is 10.5. The third-order valence-electron chi connectivity index (χ3n) is 0.491. The van der Waals surface area contributed by atoms with Crippen LogP contribution in [0.4, 0.5) is 13.2 Å². The Balaban J connectivity index is 3.62. The van der Waals surface area contributed by atoms with Crippen molar-refractivity contribution < 1.29 is 13.2 Å². The van der Waals surface area contributed by atoms with E-state index in [0.717, 1.165) is 0 Å². The molecule has 0 saturated heterocycles. The SMILES string of the molecule is FCC(F)C(F)(Cl)Cl. The highest BCUT2D eigenvalue weighted by Gasteiger charge is 2.34. The van der Waals surface area contributed by atoms with Crippen LogP contribution in [0.15, 0.2) is 0 Å². The fraction of sp³-hybridized carbons (Fsp3) is 1.00. The first-order chi connectivity index (χ1) is 3.48. The van der Waals surface area contributed by atoms with E-state index < -0.39 is 17.4 Å².